The number of hydrogen-bond acceptors (Lipinski definition) is 9. The number of halogens is 1. The number of aliphatic hydroxyl groups excluding tert-OH is 1. The maximum absolute atomic E-state index is 13.3. The quantitative estimate of drug-likeness (QED) is 0.0567. The molecule has 5 N–H and O–H groups in total. The number of nitrogens with one attached hydrogen (secondary N) is 2. The number of aromatic nitrogens is 2. The van der Waals surface area contributed by atoms with E-state index in [4.69, 9.17) is 31.5 Å². The van der Waals surface area contributed by atoms with E-state index in [1.54, 1.807) is 30.5 Å². The molecular formula is C39H61ClMoN5O7-. The summed E-state index contributed by atoms with van der Waals surface area (Å²) in [6, 6.07) is 6.47. The Morgan fingerprint density at radius 1 is 1.00 bits per heavy atom. The smallest absolute Gasteiger partial charge is 0.351 e. The third-order valence-corrected chi connectivity index (χ3v) is 9.59. The van der Waals surface area contributed by atoms with Crippen molar-refractivity contribution >= 4 is 29.2 Å². The number of unbranched alkanes of at least 4 members (excludes halogenated alkanes) is 3. The zero-order chi connectivity index (χ0) is 38.9. The van der Waals surface area contributed by atoms with Crippen molar-refractivity contribution in [1.82, 2.24) is 20.2 Å². The molecule has 1 aromatic heterocycles. The van der Waals surface area contributed by atoms with Gasteiger partial charge in [0.05, 0.1) is 30.5 Å². The Balaban J connectivity index is 0.00000972. The molecule has 1 saturated heterocycles. The zero-order valence-electron chi connectivity index (χ0n) is 32.8. The van der Waals surface area contributed by atoms with E-state index in [1.165, 1.54) is 4.57 Å². The monoisotopic (exact) mass is 844 g/mol. The first-order valence-electron chi connectivity index (χ1n) is 18.3. The van der Waals surface area contributed by atoms with Crippen LogP contribution in [0.15, 0.2) is 35.3 Å². The molecule has 3 atom stereocenters. The first kappa shape index (κ1) is 46.8. The summed E-state index contributed by atoms with van der Waals surface area (Å²) in [5.74, 6) is 0.236. The molecule has 298 valence electrons. The molecule has 1 aliphatic rings. The van der Waals surface area contributed by atoms with Crippen molar-refractivity contribution in [3.63, 3.8) is 0 Å². The fourth-order valence-corrected chi connectivity index (χ4v) is 6.76. The van der Waals surface area contributed by atoms with Gasteiger partial charge in [0.1, 0.15) is 12.0 Å². The molecule has 0 aliphatic carbocycles. The fourth-order valence-electron chi connectivity index (χ4n) is 6.57. The van der Waals surface area contributed by atoms with E-state index in [0.29, 0.717) is 48.7 Å². The summed E-state index contributed by atoms with van der Waals surface area (Å²) in [4.78, 5) is 42.8. The van der Waals surface area contributed by atoms with E-state index in [0.717, 1.165) is 32.1 Å². The number of anilines is 1. The average Bonchev–Trinajstić information content (AvgIpc) is 3.38. The molecule has 1 unspecified atom stereocenters. The van der Waals surface area contributed by atoms with Crippen LogP contribution in [-0.4, -0.2) is 81.1 Å². The van der Waals surface area contributed by atoms with E-state index in [9.17, 15) is 19.5 Å². The van der Waals surface area contributed by atoms with Gasteiger partial charge in [-0.25, -0.2) is 4.79 Å². The predicted molar refractivity (Wildman–Crippen MR) is 205 cm³/mol. The van der Waals surface area contributed by atoms with Crippen molar-refractivity contribution in [3.8, 4) is 0 Å². The second-order valence-electron chi connectivity index (χ2n) is 16.4. The van der Waals surface area contributed by atoms with Crippen molar-refractivity contribution in [2.24, 2.45) is 0 Å². The summed E-state index contributed by atoms with van der Waals surface area (Å²) in [6.07, 6.45) is 5.51. The molecular weight excluding hydrogens is 782 g/mol. The van der Waals surface area contributed by atoms with Crippen molar-refractivity contribution in [1.29, 1.82) is 0 Å². The van der Waals surface area contributed by atoms with Gasteiger partial charge in [0.25, 0.3) is 11.8 Å². The average molecular weight is 843 g/mol. The van der Waals surface area contributed by atoms with Crippen LogP contribution in [0.5, 0.6) is 0 Å². The van der Waals surface area contributed by atoms with E-state index in [1.807, 2.05) is 41.5 Å². The summed E-state index contributed by atoms with van der Waals surface area (Å²) in [7, 11) is 0. The van der Waals surface area contributed by atoms with Gasteiger partial charge in [-0.2, -0.15) is 4.98 Å². The summed E-state index contributed by atoms with van der Waals surface area (Å²) in [5, 5.41) is 16.1. The van der Waals surface area contributed by atoms with Crippen molar-refractivity contribution in [2.45, 2.75) is 141 Å². The van der Waals surface area contributed by atoms with Crippen LogP contribution in [0.2, 0.25) is 0 Å². The SMILES string of the molecule is [CH2-][C@H]1O[C@@H](n2cc(C(C)(C)CC(C)(C)NC(=O)c3ccc(C(=O)NCCOC(C)(C)COC(C)(C)CCCCCCCl)cc3)c(N)nc2=O)CC1O.[Mo]. The molecule has 12 nitrogen and oxygen atoms in total. The number of aliphatic hydroxyl groups is 1. The van der Waals surface area contributed by atoms with Crippen LogP contribution in [0.3, 0.4) is 0 Å². The Morgan fingerprint density at radius 2 is 1.60 bits per heavy atom. The predicted octanol–water partition coefficient (Wildman–Crippen LogP) is 5.69. The van der Waals surface area contributed by atoms with E-state index >= 15 is 0 Å². The minimum atomic E-state index is -0.795. The van der Waals surface area contributed by atoms with Crippen LogP contribution in [-0.2, 0) is 40.7 Å². The van der Waals surface area contributed by atoms with Crippen LogP contribution < -0.4 is 22.1 Å². The molecule has 1 fully saturated rings. The van der Waals surface area contributed by atoms with Crippen LogP contribution in [0, 0.1) is 6.92 Å². The Kier molecular flexibility index (Phi) is 17.7. The Labute approximate surface area is 334 Å². The van der Waals surface area contributed by atoms with Gasteiger partial charge in [0.2, 0.25) is 0 Å². The number of ether oxygens (including phenoxy) is 3. The fraction of sp³-hybridized carbons (Fsp3) is 0.667. The molecule has 2 aromatic rings. The number of nitrogens with two attached hydrogens (primary N) is 1. The van der Waals surface area contributed by atoms with Crippen molar-refractivity contribution < 1.29 is 50.0 Å². The number of amides is 2. The standard InChI is InChI=1S/C39H61ClN5O7.Mo/c1-26-30(46)22-31(52-26)45-23-29(32(41)43-35(45)49)36(2,3)24-37(4,5)44-34(48)28-16-14-27(15-17-28)33(47)42-20-21-50-39(8,9)25-51-38(6,7)18-12-10-11-13-19-40;/h14-17,23,26,30-31,46H,1,10-13,18-22,24-25H2,2-9H3,(H,42,47)(H,44,48)(H2,41,43,49);/q-1;/t26-,30?,31-;/m1./s1. The Hall–Kier alpha value is -2.34. The summed E-state index contributed by atoms with van der Waals surface area (Å²) >= 11 is 5.77. The maximum Gasteiger partial charge on any atom is 0.351 e. The third kappa shape index (κ3) is 14.7. The van der Waals surface area contributed by atoms with Crippen LogP contribution >= 0.6 is 11.6 Å². The molecule has 0 spiro atoms. The number of rotatable bonds is 20. The van der Waals surface area contributed by atoms with E-state index in [2.05, 4.69) is 36.4 Å². The number of benzene rings is 1. The minimum Gasteiger partial charge on any atom is -0.393 e. The first-order chi connectivity index (χ1) is 24.2. The van der Waals surface area contributed by atoms with Gasteiger partial charge in [0, 0.05) is 68.3 Å². The van der Waals surface area contributed by atoms with Crippen molar-refractivity contribution in [2.75, 3.05) is 31.4 Å². The molecule has 3 rings (SSSR count). The molecule has 1 aliphatic heterocycles. The number of alkyl halides is 1. The normalized spacial score (nSPS) is 18.1. The van der Waals surface area contributed by atoms with Crippen LogP contribution in [0.1, 0.15) is 133 Å². The molecule has 0 bridgehead atoms. The number of hydrogen-bond donors (Lipinski definition) is 4. The van der Waals surface area contributed by atoms with Gasteiger partial charge in [-0.05, 0) is 96.6 Å². The van der Waals surface area contributed by atoms with Gasteiger partial charge < -0.3 is 42.6 Å². The first-order valence-corrected chi connectivity index (χ1v) is 18.8. The number of nitrogens with zero attached hydrogens (tertiary/aromatic N) is 2. The minimum absolute atomic E-state index is 0. The number of carbonyl (C=O) groups is 2. The number of nitrogen functional groups attached to an aromatic ring is 1. The molecule has 14 heteroatoms. The molecule has 53 heavy (non-hydrogen) atoms. The second-order valence-corrected chi connectivity index (χ2v) is 16.8. The summed E-state index contributed by atoms with van der Waals surface area (Å²) in [6.45, 7) is 20.7. The van der Waals surface area contributed by atoms with E-state index < -0.39 is 40.7 Å². The van der Waals surface area contributed by atoms with Crippen molar-refractivity contribution in [3.05, 3.63) is 64.6 Å². The topological polar surface area (TPSA) is 167 Å². The summed E-state index contributed by atoms with van der Waals surface area (Å²) < 4.78 is 19.2. The van der Waals surface area contributed by atoms with Gasteiger partial charge >= 0.3 is 5.69 Å². The van der Waals surface area contributed by atoms with Gasteiger partial charge in [-0.1, -0.05) is 33.1 Å². The van der Waals surface area contributed by atoms with Gasteiger partial charge in [-0.15, -0.1) is 11.6 Å². The molecule has 0 radical (unpaired) electrons. The molecule has 1 aromatic carbocycles. The zero-order valence-corrected chi connectivity index (χ0v) is 35.5. The summed E-state index contributed by atoms with van der Waals surface area (Å²) in [5.41, 5.74) is 4.99. The van der Waals surface area contributed by atoms with Gasteiger partial charge in [0.15, 0.2) is 0 Å². The Morgan fingerprint density at radius 3 is 2.19 bits per heavy atom. The largest absolute Gasteiger partial charge is 0.393 e. The maximum atomic E-state index is 13.3. The second kappa shape index (κ2) is 20.0. The van der Waals surface area contributed by atoms with Crippen LogP contribution in [0.4, 0.5) is 5.82 Å². The third-order valence-electron chi connectivity index (χ3n) is 9.32. The Bertz CT molecular complexity index is 1540. The van der Waals surface area contributed by atoms with E-state index in [-0.39, 0.29) is 50.7 Å². The molecule has 0 saturated carbocycles. The molecule has 2 amide bonds. The molecule has 2 heterocycles. The van der Waals surface area contributed by atoms with Gasteiger partial charge in [-0.3, -0.25) is 14.2 Å². The van der Waals surface area contributed by atoms with Crippen LogP contribution in [0.25, 0.3) is 0 Å². The number of carbonyl (C=O) groups excluding carboxylic acids is 2.